The van der Waals surface area contributed by atoms with Crippen molar-refractivity contribution < 1.29 is 19.5 Å². The number of nitrogens with zero attached hydrogens (tertiary/aromatic N) is 1. The van der Waals surface area contributed by atoms with E-state index in [1.54, 1.807) is 24.3 Å². The number of anilines is 2. The maximum atomic E-state index is 12.4. The number of para-hydroxylation sites is 2. The summed E-state index contributed by atoms with van der Waals surface area (Å²) < 4.78 is 0. The van der Waals surface area contributed by atoms with Crippen LogP contribution in [0.25, 0.3) is 0 Å². The van der Waals surface area contributed by atoms with Gasteiger partial charge in [-0.15, -0.1) is 0 Å². The summed E-state index contributed by atoms with van der Waals surface area (Å²) in [5.41, 5.74) is -0.238. The number of carboxylic acids is 1. The highest BCUT2D eigenvalue weighted by Crippen LogP contribution is 2.48. The van der Waals surface area contributed by atoms with Crippen molar-refractivity contribution >= 4 is 29.2 Å². The van der Waals surface area contributed by atoms with Crippen molar-refractivity contribution in [3.05, 3.63) is 24.3 Å². The van der Waals surface area contributed by atoms with Crippen molar-refractivity contribution in [2.24, 2.45) is 5.41 Å². The molecule has 0 radical (unpaired) electrons. The number of carbonyl (C=O) groups excluding carboxylic acids is 2. The molecule has 2 aliphatic rings. The molecule has 0 bridgehead atoms. The van der Waals surface area contributed by atoms with E-state index >= 15 is 0 Å². The zero-order valence-electron chi connectivity index (χ0n) is 10.0. The SMILES string of the molecule is O=C1CN(C(=O)C2(C(=O)O)CC2)c2ccccc2N1. The van der Waals surface area contributed by atoms with E-state index in [-0.39, 0.29) is 12.5 Å². The molecular weight excluding hydrogens is 248 g/mol. The lowest BCUT2D eigenvalue weighted by Gasteiger charge is -2.30. The van der Waals surface area contributed by atoms with E-state index in [2.05, 4.69) is 5.32 Å². The largest absolute Gasteiger partial charge is 0.480 e. The van der Waals surface area contributed by atoms with Gasteiger partial charge in [-0.2, -0.15) is 0 Å². The Morgan fingerprint density at radius 3 is 2.58 bits per heavy atom. The molecule has 1 aliphatic heterocycles. The average Bonchev–Trinajstić information content (AvgIpc) is 3.18. The number of fused-ring (bicyclic) bond motifs is 1. The molecule has 0 spiro atoms. The molecule has 1 aromatic carbocycles. The van der Waals surface area contributed by atoms with Gasteiger partial charge < -0.3 is 10.4 Å². The molecule has 1 aliphatic carbocycles. The van der Waals surface area contributed by atoms with Gasteiger partial charge in [-0.25, -0.2) is 0 Å². The number of hydrogen-bond donors (Lipinski definition) is 2. The van der Waals surface area contributed by atoms with E-state index in [9.17, 15) is 19.5 Å². The number of amides is 2. The van der Waals surface area contributed by atoms with Crippen molar-refractivity contribution in [1.82, 2.24) is 0 Å². The van der Waals surface area contributed by atoms with Gasteiger partial charge in [-0.05, 0) is 25.0 Å². The first-order valence-corrected chi connectivity index (χ1v) is 5.99. The minimum atomic E-state index is -1.33. The maximum Gasteiger partial charge on any atom is 0.319 e. The summed E-state index contributed by atoms with van der Waals surface area (Å²) in [7, 11) is 0. The lowest BCUT2D eigenvalue weighted by molar-refractivity contribution is -0.148. The molecule has 0 unspecified atom stereocenters. The number of rotatable bonds is 2. The molecule has 0 aromatic heterocycles. The predicted octanol–water partition coefficient (Wildman–Crippen LogP) is 0.836. The van der Waals surface area contributed by atoms with Crippen LogP contribution in [0.4, 0.5) is 11.4 Å². The molecule has 19 heavy (non-hydrogen) atoms. The minimum absolute atomic E-state index is 0.134. The highest BCUT2D eigenvalue weighted by molar-refractivity contribution is 6.17. The van der Waals surface area contributed by atoms with Crippen molar-refractivity contribution in [1.29, 1.82) is 0 Å². The fourth-order valence-corrected chi connectivity index (χ4v) is 2.32. The highest BCUT2D eigenvalue weighted by atomic mass is 16.4. The average molecular weight is 260 g/mol. The quantitative estimate of drug-likeness (QED) is 0.771. The number of hydrogen-bond acceptors (Lipinski definition) is 3. The van der Waals surface area contributed by atoms with Crippen LogP contribution in [0.3, 0.4) is 0 Å². The molecule has 3 rings (SSSR count). The summed E-state index contributed by atoms with van der Waals surface area (Å²) in [6.45, 7) is -0.134. The standard InChI is InChI=1S/C13H12N2O4/c16-10-7-15(9-4-2-1-3-8(9)14-10)11(17)13(5-6-13)12(18)19/h1-4H,5-7H2,(H,14,16)(H,18,19). The predicted molar refractivity (Wildman–Crippen MR) is 66.7 cm³/mol. The fraction of sp³-hybridized carbons (Fsp3) is 0.308. The molecule has 1 aromatic rings. The van der Waals surface area contributed by atoms with Crippen molar-refractivity contribution in [3.63, 3.8) is 0 Å². The number of nitrogens with one attached hydrogen (secondary N) is 1. The molecule has 1 saturated carbocycles. The van der Waals surface area contributed by atoms with Crippen molar-refractivity contribution in [2.75, 3.05) is 16.8 Å². The Hall–Kier alpha value is -2.37. The molecule has 1 fully saturated rings. The molecule has 98 valence electrons. The normalized spacial score (nSPS) is 19.4. The van der Waals surface area contributed by atoms with E-state index in [0.29, 0.717) is 24.2 Å². The van der Waals surface area contributed by atoms with Gasteiger partial charge in [0.2, 0.25) is 11.8 Å². The summed E-state index contributed by atoms with van der Waals surface area (Å²) in [6.07, 6.45) is 0.670. The lowest BCUT2D eigenvalue weighted by Crippen LogP contribution is -2.47. The van der Waals surface area contributed by atoms with Gasteiger partial charge >= 0.3 is 5.97 Å². The highest BCUT2D eigenvalue weighted by Gasteiger charge is 2.59. The lowest BCUT2D eigenvalue weighted by atomic mass is 10.0. The Labute approximate surface area is 109 Å². The third-order valence-corrected chi connectivity index (χ3v) is 3.58. The molecule has 0 atom stereocenters. The van der Waals surface area contributed by atoms with E-state index in [1.807, 2.05) is 0 Å². The van der Waals surface area contributed by atoms with Crippen molar-refractivity contribution in [2.45, 2.75) is 12.8 Å². The van der Waals surface area contributed by atoms with Crippen LogP contribution in [0.2, 0.25) is 0 Å². The van der Waals surface area contributed by atoms with Crippen LogP contribution >= 0.6 is 0 Å². The first-order valence-electron chi connectivity index (χ1n) is 5.99. The van der Waals surface area contributed by atoms with Gasteiger partial charge in [-0.3, -0.25) is 19.3 Å². The maximum absolute atomic E-state index is 12.4. The summed E-state index contributed by atoms with van der Waals surface area (Å²) in [5.74, 6) is -1.92. The first-order chi connectivity index (χ1) is 9.04. The molecule has 6 nitrogen and oxygen atoms in total. The number of carboxylic acid groups (broad SMARTS) is 1. The second kappa shape index (κ2) is 3.81. The van der Waals surface area contributed by atoms with E-state index < -0.39 is 17.3 Å². The van der Waals surface area contributed by atoms with Crippen LogP contribution in [0, 0.1) is 5.41 Å². The number of benzene rings is 1. The summed E-state index contributed by atoms with van der Waals surface area (Å²) >= 11 is 0. The Morgan fingerprint density at radius 2 is 1.95 bits per heavy atom. The first kappa shape index (κ1) is 11.7. The van der Waals surface area contributed by atoms with Crippen molar-refractivity contribution in [3.8, 4) is 0 Å². The molecule has 2 amide bonds. The molecular formula is C13H12N2O4. The topological polar surface area (TPSA) is 86.7 Å². The molecule has 6 heteroatoms. The van der Waals surface area contributed by atoms with Gasteiger partial charge in [0, 0.05) is 0 Å². The molecule has 2 N–H and O–H groups in total. The molecule has 1 heterocycles. The van der Waals surface area contributed by atoms with Gasteiger partial charge in [0.15, 0.2) is 0 Å². The summed E-state index contributed by atoms with van der Waals surface area (Å²) in [6, 6.07) is 6.88. The van der Waals surface area contributed by atoms with Crippen LogP contribution in [-0.4, -0.2) is 29.4 Å². The van der Waals surface area contributed by atoms with E-state index in [1.165, 1.54) is 4.90 Å². The van der Waals surface area contributed by atoms with Crippen LogP contribution in [0.1, 0.15) is 12.8 Å². The van der Waals surface area contributed by atoms with Gasteiger partial charge in [0.25, 0.3) is 0 Å². The van der Waals surface area contributed by atoms with E-state index in [4.69, 9.17) is 0 Å². The Bertz CT molecular complexity index is 592. The zero-order valence-corrected chi connectivity index (χ0v) is 10.0. The third-order valence-electron chi connectivity index (χ3n) is 3.58. The third kappa shape index (κ3) is 1.68. The Kier molecular flexibility index (Phi) is 2.35. The van der Waals surface area contributed by atoms with Gasteiger partial charge in [0.05, 0.1) is 11.4 Å². The second-order valence-electron chi connectivity index (χ2n) is 4.84. The monoisotopic (exact) mass is 260 g/mol. The number of aliphatic carboxylic acids is 1. The van der Waals surface area contributed by atoms with Crippen LogP contribution < -0.4 is 10.2 Å². The Balaban J connectivity index is 2.00. The van der Waals surface area contributed by atoms with Gasteiger partial charge in [0.1, 0.15) is 12.0 Å². The molecule has 0 saturated heterocycles. The van der Waals surface area contributed by atoms with Crippen LogP contribution in [0.15, 0.2) is 24.3 Å². The number of carbonyl (C=O) groups is 3. The zero-order chi connectivity index (χ0) is 13.6. The van der Waals surface area contributed by atoms with Gasteiger partial charge in [-0.1, -0.05) is 12.1 Å². The smallest absolute Gasteiger partial charge is 0.319 e. The van der Waals surface area contributed by atoms with Crippen LogP contribution in [0.5, 0.6) is 0 Å². The Morgan fingerprint density at radius 1 is 1.26 bits per heavy atom. The van der Waals surface area contributed by atoms with Crippen LogP contribution in [-0.2, 0) is 14.4 Å². The fourth-order valence-electron chi connectivity index (χ4n) is 2.32. The second-order valence-corrected chi connectivity index (χ2v) is 4.84. The summed E-state index contributed by atoms with van der Waals surface area (Å²) in [4.78, 5) is 36.5. The van der Waals surface area contributed by atoms with E-state index in [0.717, 1.165) is 0 Å². The summed E-state index contributed by atoms with van der Waals surface area (Å²) in [5, 5.41) is 11.8. The minimum Gasteiger partial charge on any atom is -0.480 e.